The molecule has 0 aromatic carbocycles. The van der Waals surface area contributed by atoms with Gasteiger partial charge >= 0.3 is 0 Å². The Morgan fingerprint density at radius 2 is 1.77 bits per heavy atom. The van der Waals surface area contributed by atoms with E-state index in [0.29, 0.717) is 19.1 Å². The quantitative estimate of drug-likeness (QED) is 0.644. The van der Waals surface area contributed by atoms with Crippen LogP contribution in [0.3, 0.4) is 0 Å². The van der Waals surface area contributed by atoms with E-state index in [1.807, 2.05) is 13.8 Å². The van der Waals surface area contributed by atoms with E-state index >= 15 is 0 Å². The molecule has 0 fully saturated rings. The van der Waals surface area contributed by atoms with Crippen molar-refractivity contribution in [1.29, 1.82) is 0 Å². The van der Waals surface area contributed by atoms with Crippen LogP contribution in [0.1, 0.15) is 27.7 Å². The van der Waals surface area contributed by atoms with Gasteiger partial charge in [-0.05, 0) is 19.8 Å². The van der Waals surface area contributed by atoms with Gasteiger partial charge in [0.2, 0.25) is 0 Å². The minimum absolute atomic E-state index is 0.136. The van der Waals surface area contributed by atoms with Crippen LogP contribution in [0.2, 0.25) is 0 Å². The van der Waals surface area contributed by atoms with Gasteiger partial charge in [0.05, 0.1) is 24.9 Å². The first-order chi connectivity index (χ1) is 5.89. The van der Waals surface area contributed by atoms with E-state index < -0.39 is 5.60 Å². The molecule has 0 amide bonds. The summed E-state index contributed by atoms with van der Waals surface area (Å²) in [6.45, 7) is 8.71. The van der Waals surface area contributed by atoms with Gasteiger partial charge < -0.3 is 14.6 Å². The summed E-state index contributed by atoms with van der Waals surface area (Å²) >= 11 is 0. The third kappa shape index (κ3) is 5.24. The topological polar surface area (TPSA) is 38.7 Å². The molecule has 3 nitrogen and oxygen atoms in total. The van der Waals surface area contributed by atoms with Gasteiger partial charge in [-0.3, -0.25) is 0 Å². The molecular formula is C10H22O3. The van der Waals surface area contributed by atoms with Crippen molar-refractivity contribution in [2.45, 2.75) is 39.4 Å². The molecule has 80 valence electrons. The fraction of sp³-hybridized carbons (Fsp3) is 1.00. The minimum Gasteiger partial charge on any atom is -0.388 e. The molecule has 0 aliphatic heterocycles. The maximum absolute atomic E-state index is 9.78. The molecule has 0 aromatic rings. The average Bonchev–Trinajstić information content (AvgIpc) is 1.94. The third-order valence-corrected chi connectivity index (χ3v) is 1.89. The van der Waals surface area contributed by atoms with Gasteiger partial charge in [0.25, 0.3) is 0 Å². The number of hydrogen-bond acceptors (Lipinski definition) is 3. The fourth-order valence-corrected chi connectivity index (χ4v) is 1.47. The maximum Gasteiger partial charge on any atom is 0.0880 e. The van der Waals surface area contributed by atoms with Gasteiger partial charge in [0.15, 0.2) is 0 Å². The van der Waals surface area contributed by atoms with Crippen molar-refractivity contribution >= 4 is 0 Å². The van der Waals surface area contributed by atoms with Crippen LogP contribution in [0.5, 0.6) is 0 Å². The molecule has 1 N–H and O–H groups in total. The molecule has 1 atom stereocenters. The summed E-state index contributed by atoms with van der Waals surface area (Å²) in [5, 5.41) is 9.78. The molecule has 0 radical (unpaired) electrons. The zero-order valence-electron chi connectivity index (χ0n) is 9.33. The predicted octanol–water partition coefficient (Wildman–Crippen LogP) is 1.44. The molecule has 0 unspecified atom stereocenters. The Kier molecular flexibility index (Phi) is 5.53. The van der Waals surface area contributed by atoms with E-state index in [9.17, 15) is 5.11 Å². The van der Waals surface area contributed by atoms with Crippen LogP contribution >= 0.6 is 0 Å². The Hall–Kier alpha value is -0.120. The van der Waals surface area contributed by atoms with E-state index in [2.05, 4.69) is 0 Å². The number of aliphatic hydroxyl groups is 1. The van der Waals surface area contributed by atoms with E-state index in [4.69, 9.17) is 9.47 Å². The SMILES string of the molecule is COCCO[C@@H](C(C)C)C(C)(C)O. The molecular weight excluding hydrogens is 168 g/mol. The number of methoxy groups -OCH3 is 1. The van der Waals surface area contributed by atoms with Crippen molar-refractivity contribution in [2.75, 3.05) is 20.3 Å². The van der Waals surface area contributed by atoms with Crippen LogP contribution in [0.4, 0.5) is 0 Å². The number of ether oxygens (including phenoxy) is 2. The van der Waals surface area contributed by atoms with Gasteiger partial charge in [0, 0.05) is 7.11 Å². The first kappa shape index (κ1) is 12.9. The molecule has 3 heteroatoms. The Morgan fingerprint density at radius 3 is 2.08 bits per heavy atom. The molecule has 0 saturated heterocycles. The van der Waals surface area contributed by atoms with Gasteiger partial charge in [-0.15, -0.1) is 0 Å². The molecule has 0 aliphatic carbocycles. The molecule has 0 saturated carbocycles. The fourth-order valence-electron chi connectivity index (χ4n) is 1.47. The van der Waals surface area contributed by atoms with Crippen molar-refractivity contribution in [1.82, 2.24) is 0 Å². The van der Waals surface area contributed by atoms with Crippen LogP contribution in [0.25, 0.3) is 0 Å². The highest BCUT2D eigenvalue weighted by atomic mass is 16.5. The lowest BCUT2D eigenvalue weighted by molar-refractivity contribution is -0.116. The summed E-state index contributed by atoms with van der Waals surface area (Å²) in [5.41, 5.74) is -0.790. The first-order valence-corrected chi connectivity index (χ1v) is 4.72. The van der Waals surface area contributed by atoms with Gasteiger partial charge in [-0.25, -0.2) is 0 Å². The maximum atomic E-state index is 9.78. The zero-order chi connectivity index (χ0) is 10.5. The van der Waals surface area contributed by atoms with Crippen LogP contribution in [-0.2, 0) is 9.47 Å². The van der Waals surface area contributed by atoms with E-state index in [1.54, 1.807) is 21.0 Å². The van der Waals surface area contributed by atoms with Crippen LogP contribution in [-0.4, -0.2) is 37.1 Å². The van der Waals surface area contributed by atoms with Crippen molar-refractivity contribution in [3.63, 3.8) is 0 Å². The third-order valence-electron chi connectivity index (χ3n) is 1.89. The van der Waals surface area contributed by atoms with Gasteiger partial charge in [-0.1, -0.05) is 13.8 Å². The summed E-state index contributed by atoms with van der Waals surface area (Å²) in [6, 6.07) is 0. The Labute approximate surface area is 81.0 Å². The molecule has 0 bridgehead atoms. The molecule has 0 aromatic heterocycles. The predicted molar refractivity (Wildman–Crippen MR) is 52.8 cm³/mol. The van der Waals surface area contributed by atoms with Crippen molar-refractivity contribution in [2.24, 2.45) is 5.92 Å². The lowest BCUT2D eigenvalue weighted by Crippen LogP contribution is -2.42. The van der Waals surface area contributed by atoms with Crippen molar-refractivity contribution < 1.29 is 14.6 Å². The summed E-state index contributed by atoms with van der Waals surface area (Å²) < 4.78 is 10.4. The smallest absolute Gasteiger partial charge is 0.0880 e. The molecule has 0 aliphatic rings. The van der Waals surface area contributed by atoms with E-state index in [1.165, 1.54) is 0 Å². The molecule has 0 rings (SSSR count). The molecule has 0 spiro atoms. The monoisotopic (exact) mass is 190 g/mol. The highest BCUT2D eigenvalue weighted by Crippen LogP contribution is 2.20. The Morgan fingerprint density at radius 1 is 1.23 bits per heavy atom. The first-order valence-electron chi connectivity index (χ1n) is 4.72. The van der Waals surface area contributed by atoms with Gasteiger partial charge in [0.1, 0.15) is 0 Å². The largest absolute Gasteiger partial charge is 0.388 e. The molecule has 0 heterocycles. The lowest BCUT2D eigenvalue weighted by Gasteiger charge is -2.32. The van der Waals surface area contributed by atoms with Crippen molar-refractivity contribution in [3.05, 3.63) is 0 Å². The Bertz CT molecular complexity index is 127. The van der Waals surface area contributed by atoms with Crippen LogP contribution in [0.15, 0.2) is 0 Å². The number of rotatable bonds is 6. The lowest BCUT2D eigenvalue weighted by atomic mass is 9.92. The zero-order valence-corrected chi connectivity index (χ0v) is 9.33. The Balaban J connectivity index is 3.97. The van der Waals surface area contributed by atoms with E-state index in [0.717, 1.165) is 0 Å². The minimum atomic E-state index is -0.790. The number of hydrogen-bond donors (Lipinski definition) is 1. The summed E-state index contributed by atoms with van der Waals surface area (Å²) in [7, 11) is 1.64. The molecule has 13 heavy (non-hydrogen) atoms. The summed E-state index contributed by atoms with van der Waals surface area (Å²) in [6.07, 6.45) is -0.136. The second-order valence-electron chi connectivity index (χ2n) is 4.18. The standard InChI is InChI=1S/C10H22O3/c1-8(2)9(10(3,4)11)13-7-6-12-5/h8-9,11H,6-7H2,1-5H3/t9-/m0/s1. The van der Waals surface area contributed by atoms with Gasteiger partial charge in [-0.2, -0.15) is 0 Å². The van der Waals surface area contributed by atoms with Crippen molar-refractivity contribution in [3.8, 4) is 0 Å². The normalized spacial score (nSPS) is 15.0. The highest BCUT2D eigenvalue weighted by Gasteiger charge is 2.30. The summed E-state index contributed by atoms with van der Waals surface area (Å²) in [5.74, 6) is 0.303. The second-order valence-corrected chi connectivity index (χ2v) is 4.18. The second kappa shape index (κ2) is 5.58. The summed E-state index contributed by atoms with van der Waals surface area (Å²) in [4.78, 5) is 0. The highest BCUT2D eigenvalue weighted by molar-refractivity contribution is 4.80. The van der Waals surface area contributed by atoms with E-state index in [-0.39, 0.29) is 6.10 Å². The average molecular weight is 190 g/mol. The van der Waals surface area contributed by atoms with Crippen LogP contribution in [0, 0.1) is 5.92 Å². The van der Waals surface area contributed by atoms with Crippen LogP contribution < -0.4 is 0 Å².